The molecule has 9 heteroatoms. The highest BCUT2D eigenvalue weighted by Crippen LogP contribution is 2.35. The highest BCUT2D eigenvalue weighted by molar-refractivity contribution is 9.10. The van der Waals surface area contributed by atoms with Crippen molar-refractivity contribution in [2.75, 3.05) is 0 Å². The summed E-state index contributed by atoms with van der Waals surface area (Å²) in [7, 11) is 0. The molecule has 1 aliphatic carbocycles. The summed E-state index contributed by atoms with van der Waals surface area (Å²) in [5.74, 6) is 0.769. The van der Waals surface area contributed by atoms with Gasteiger partial charge in [-0.3, -0.25) is 4.79 Å². The number of hydrogen-bond donors (Lipinski definition) is 1. The molecule has 0 unspecified atom stereocenters. The van der Waals surface area contributed by atoms with Gasteiger partial charge in [0, 0.05) is 11.4 Å². The molecular weight excluding hydrogens is 436 g/mol. The van der Waals surface area contributed by atoms with Gasteiger partial charge in [-0.2, -0.15) is 4.98 Å². The number of halogens is 1. The molecule has 1 fully saturated rings. The Morgan fingerprint density at radius 1 is 1.21 bits per heavy atom. The summed E-state index contributed by atoms with van der Waals surface area (Å²) in [5, 5.41) is 15.7. The van der Waals surface area contributed by atoms with Crippen LogP contribution in [0.4, 0.5) is 0 Å². The molecule has 29 heavy (non-hydrogen) atoms. The molecule has 2 heterocycles. The van der Waals surface area contributed by atoms with E-state index in [0.717, 1.165) is 48.7 Å². The van der Waals surface area contributed by atoms with Crippen LogP contribution >= 0.6 is 15.9 Å². The zero-order valence-electron chi connectivity index (χ0n) is 16.5. The van der Waals surface area contributed by atoms with Crippen LogP contribution in [0.2, 0.25) is 0 Å². The quantitative estimate of drug-likeness (QED) is 0.592. The molecule has 3 aromatic rings. The number of carbonyl (C=O) groups excluding carboxylic acids is 1. The molecule has 1 N–H and O–H groups in total. The first-order valence-corrected chi connectivity index (χ1v) is 10.6. The maximum atomic E-state index is 13.2. The van der Waals surface area contributed by atoms with E-state index in [1.807, 2.05) is 31.2 Å². The first-order valence-electron chi connectivity index (χ1n) is 9.80. The molecule has 0 saturated heterocycles. The predicted octanol–water partition coefficient (Wildman–Crippen LogP) is 4.01. The van der Waals surface area contributed by atoms with E-state index < -0.39 is 5.54 Å². The highest BCUT2D eigenvalue weighted by Gasteiger charge is 2.39. The van der Waals surface area contributed by atoms with Gasteiger partial charge in [-0.15, -0.1) is 5.10 Å². The Morgan fingerprint density at radius 2 is 1.97 bits per heavy atom. The van der Waals surface area contributed by atoms with Crippen molar-refractivity contribution in [1.29, 1.82) is 0 Å². The number of aryl methyl sites for hydroxylation is 1. The van der Waals surface area contributed by atoms with Crippen LogP contribution in [-0.4, -0.2) is 31.0 Å². The summed E-state index contributed by atoms with van der Waals surface area (Å²) in [5.41, 5.74) is 1.17. The van der Waals surface area contributed by atoms with Gasteiger partial charge in [-0.1, -0.05) is 58.0 Å². The minimum absolute atomic E-state index is 0.270. The monoisotopic (exact) mass is 458 g/mol. The second-order valence-corrected chi connectivity index (χ2v) is 8.42. The molecule has 1 saturated carbocycles. The van der Waals surface area contributed by atoms with E-state index in [4.69, 9.17) is 4.52 Å². The van der Waals surface area contributed by atoms with E-state index in [9.17, 15) is 4.79 Å². The van der Waals surface area contributed by atoms with Crippen LogP contribution in [0.5, 0.6) is 0 Å². The van der Waals surface area contributed by atoms with E-state index >= 15 is 0 Å². The topological polar surface area (TPSA) is 98.7 Å². The first-order chi connectivity index (χ1) is 14.0. The van der Waals surface area contributed by atoms with Gasteiger partial charge in [0.05, 0.1) is 11.4 Å². The van der Waals surface area contributed by atoms with Crippen molar-refractivity contribution in [3.63, 3.8) is 0 Å². The van der Waals surface area contributed by atoms with Gasteiger partial charge in [-0.05, 0) is 38.0 Å². The summed E-state index contributed by atoms with van der Waals surface area (Å²) in [6.45, 7) is 3.60. The molecule has 0 spiro atoms. The third-order valence-corrected chi connectivity index (χ3v) is 5.92. The number of benzene rings is 1. The zero-order valence-corrected chi connectivity index (χ0v) is 18.1. The average Bonchev–Trinajstić information content (AvgIpc) is 3.22. The second-order valence-electron chi connectivity index (χ2n) is 7.50. The largest absolute Gasteiger partial charge is 0.340 e. The predicted molar refractivity (Wildman–Crippen MR) is 110 cm³/mol. The van der Waals surface area contributed by atoms with Gasteiger partial charge in [0.2, 0.25) is 5.89 Å². The Kier molecular flexibility index (Phi) is 5.49. The third kappa shape index (κ3) is 3.96. The summed E-state index contributed by atoms with van der Waals surface area (Å²) in [6, 6.07) is 7.70. The fourth-order valence-electron chi connectivity index (χ4n) is 3.90. The van der Waals surface area contributed by atoms with Crippen LogP contribution in [0.3, 0.4) is 0 Å². The summed E-state index contributed by atoms with van der Waals surface area (Å²) in [6.07, 6.45) is 5.81. The lowest BCUT2D eigenvalue weighted by Gasteiger charge is -2.30. The molecule has 8 nitrogen and oxygen atoms in total. The molecule has 4 rings (SSSR count). The molecule has 0 bridgehead atoms. The zero-order chi connectivity index (χ0) is 20.4. The molecule has 1 aliphatic rings. The number of aromatic nitrogens is 5. The van der Waals surface area contributed by atoms with Crippen LogP contribution in [0.15, 0.2) is 33.3 Å². The highest BCUT2D eigenvalue weighted by atomic mass is 79.9. The first kappa shape index (κ1) is 19.8. The molecule has 0 aliphatic heterocycles. The van der Waals surface area contributed by atoms with Gasteiger partial charge in [-0.25, -0.2) is 4.68 Å². The number of carbonyl (C=O) groups is 1. The van der Waals surface area contributed by atoms with Gasteiger partial charge in [0.15, 0.2) is 11.5 Å². The molecule has 0 atom stereocenters. The van der Waals surface area contributed by atoms with Gasteiger partial charge < -0.3 is 9.84 Å². The fraction of sp³-hybridized carbons (Fsp3) is 0.450. The maximum absolute atomic E-state index is 13.2. The number of hydrogen-bond acceptors (Lipinski definition) is 6. The van der Waals surface area contributed by atoms with E-state index in [0.29, 0.717) is 23.1 Å². The number of nitrogens with one attached hydrogen (secondary N) is 1. The molecular formula is C20H23BrN6O2. The van der Waals surface area contributed by atoms with E-state index in [1.165, 1.54) is 0 Å². The molecule has 1 aromatic carbocycles. The van der Waals surface area contributed by atoms with Gasteiger partial charge in [0.1, 0.15) is 5.54 Å². The summed E-state index contributed by atoms with van der Waals surface area (Å²) in [4.78, 5) is 17.7. The lowest BCUT2D eigenvalue weighted by Crippen LogP contribution is -2.46. The van der Waals surface area contributed by atoms with Crippen molar-refractivity contribution in [1.82, 2.24) is 30.5 Å². The Bertz CT molecular complexity index is 1020. The van der Waals surface area contributed by atoms with E-state index in [2.05, 4.69) is 41.7 Å². The van der Waals surface area contributed by atoms with Crippen molar-refractivity contribution in [3.8, 4) is 5.69 Å². The Balaban J connectivity index is 1.65. The minimum Gasteiger partial charge on any atom is -0.340 e. The van der Waals surface area contributed by atoms with Gasteiger partial charge in [0.25, 0.3) is 5.91 Å². The SMILES string of the molecule is Cc1nc(C2(NC(=O)c3nnn(-c4cccc(Br)c4)c3C)CCCCCC2)no1. The lowest BCUT2D eigenvalue weighted by atomic mass is 9.89. The smallest absolute Gasteiger partial charge is 0.274 e. The Morgan fingerprint density at radius 3 is 2.62 bits per heavy atom. The second kappa shape index (κ2) is 8.06. The van der Waals surface area contributed by atoms with Crippen LogP contribution in [0, 0.1) is 13.8 Å². The summed E-state index contributed by atoms with van der Waals surface area (Å²) >= 11 is 3.46. The Labute approximate surface area is 177 Å². The molecule has 152 valence electrons. The van der Waals surface area contributed by atoms with Crippen LogP contribution in [0.25, 0.3) is 5.69 Å². The molecule has 1 amide bonds. The molecule has 2 aromatic heterocycles. The Hall–Kier alpha value is -2.55. The van der Waals surface area contributed by atoms with Crippen LogP contribution in [0.1, 0.15) is 66.4 Å². The van der Waals surface area contributed by atoms with E-state index in [-0.39, 0.29) is 5.91 Å². The summed E-state index contributed by atoms with van der Waals surface area (Å²) < 4.78 is 7.81. The van der Waals surface area contributed by atoms with Crippen LogP contribution in [-0.2, 0) is 5.54 Å². The minimum atomic E-state index is -0.642. The van der Waals surface area contributed by atoms with Crippen molar-refractivity contribution in [2.24, 2.45) is 0 Å². The van der Waals surface area contributed by atoms with Crippen molar-refractivity contribution < 1.29 is 9.32 Å². The molecule has 0 radical (unpaired) electrons. The number of amides is 1. The number of nitrogens with zero attached hydrogens (tertiary/aromatic N) is 5. The van der Waals surface area contributed by atoms with Gasteiger partial charge >= 0.3 is 0 Å². The maximum Gasteiger partial charge on any atom is 0.274 e. The van der Waals surface area contributed by atoms with Crippen LogP contribution < -0.4 is 5.32 Å². The van der Waals surface area contributed by atoms with Crippen molar-refractivity contribution in [3.05, 3.63) is 51.8 Å². The standard InChI is InChI=1S/C20H23BrN6O2/c1-13-17(24-26-27(13)16-9-7-8-15(21)12-16)18(28)23-20(10-5-3-4-6-11-20)19-22-14(2)29-25-19/h7-9,12H,3-6,10-11H2,1-2H3,(H,23,28). The van der Waals surface area contributed by atoms with E-state index in [1.54, 1.807) is 11.6 Å². The van der Waals surface area contributed by atoms with Crippen molar-refractivity contribution in [2.45, 2.75) is 57.9 Å². The fourth-order valence-corrected chi connectivity index (χ4v) is 4.29. The third-order valence-electron chi connectivity index (χ3n) is 5.43. The average molecular weight is 459 g/mol. The lowest BCUT2D eigenvalue weighted by molar-refractivity contribution is 0.0870. The normalized spacial score (nSPS) is 16.4. The number of rotatable bonds is 4. The van der Waals surface area contributed by atoms with Crippen molar-refractivity contribution >= 4 is 21.8 Å².